The Morgan fingerprint density at radius 2 is 1.74 bits per heavy atom. The molecular weight excluding hydrogens is 606 g/mol. The van der Waals surface area contributed by atoms with Gasteiger partial charge in [0, 0.05) is 37.4 Å². The monoisotopic (exact) mass is 643 g/mol. The number of carboxylic acid groups (broad SMARTS) is 1. The number of ether oxygens (including phenoxy) is 3. The summed E-state index contributed by atoms with van der Waals surface area (Å²) in [6, 6.07) is 5.03. The molecule has 0 spiro atoms. The van der Waals surface area contributed by atoms with Crippen LogP contribution in [0.25, 0.3) is 11.2 Å². The number of nitrogen functional groups attached to an aromatic ring is 1. The highest BCUT2D eigenvalue weighted by Gasteiger charge is 2.21. The molecule has 0 fully saturated rings. The van der Waals surface area contributed by atoms with Crippen molar-refractivity contribution in [3.63, 3.8) is 0 Å². The molecule has 0 bridgehead atoms. The van der Waals surface area contributed by atoms with Crippen LogP contribution in [0.1, 0.15) is 35.3 Å². The van der Waals surface area contributed by atoms with Gasteiger partial charge in [0.05, 0.1) is 45.4 Å². The number of carbonyl (C=O) groups excluding carboxylic acids is 3. The summed E-state index contributed by atoms with van der Waals surface area (Å²) in [4.78, 5) is 74.1. The highest BCUT2D eigenvalue weighted by molar-refractivity contribution is 5.97. The van der Waals surface area contributed by atoms with Crippen LogP contribution in [0.15, 0.2) is 35.3 Å². The van der Waals surface area contributed by atoms with Crippen LogP contribution >= 0.6 is 0 Å². The van der Waals surface area contributed by atoms with Gasteiger partial charge in [0.1, 0.15) is 6.04 Å². The molecule has 0 aliphatic carbocycles. The lowest BCUT2D eigenvalue weighted by atomic mass is 10.1. The van der Waals surface area contributed by atoms with Gasteiger partial charge in [-0.1, -0.05) is 0 Å². The molecule has 3 aromatic rings. The third-order valence-electron chi connectivity index (χ3n) is 6.23. The second-order valence-electron chi connectivity index (χ2n) is 9.67. The van der Waals surface area contributed by atoms with E-state index in [2.05, 4.69) is 45.9 Å². The quantitative estimate of drug-likeness (QED) is 0.0832. The average Bonchev–Trinajstić information content (AvgIpc) is 3.04. The lowest BCUT2D eigenvalue weighted by Crippen LogP contribution is -2.41. The normalized spacial score (nSPS) is 11.4. The van der Waals surface area contributed by atoms with Gasteiger partial charge in [-0.3, -0.25) is 19.4 Å². The molecule has 0 unspecified atom stereocenters. The van der Waals surface area contributed by atoms with E-state index in [1.54, 1.807) is 12.1 Å². The molecule has 3 amide bonds. The SMILES string of the molecule is COC(=O)NCCOCCOCCCNC(=O)CC[C@@H](NC(=O)c1ccc(NCc2cnc3nc(N)[nH]c(=O)c3n2)cc1)C(=O)O. The molecule has 2 aromatic heterocycles. The van der Waals surface area contributed by atoms with Crippen molar-refractivity contribution in [3.8, 4) is 0 Å². The first-order valence-corrected chi connectivity index (χ1v) is 14.3. The lowest BCUT2D eigenvalue weighted by molar-refractivity contribution is -0.139. The molecule has 0 radical (unpaired) electrons. The van der Waals surface area contributed by atoms with E-state index in [1.165, 1.54) is 25.4 Å². The predicted molar refractivity (Wildman–Crippen MR) is 164 cm³/mol. The average molecular weight is 644 g/mol. The number of methoxy groups -OCH3 is 1. The summed E-state index contributed by atoms with van der Waals surface area (Å²) >= 11 is 0. The lowest BCUT2D eigenvalue weighted by Gasteiger charge is -2.15. The Balaban J connectivity index is 1.32. The zero-order valence-corrected chi connectivity index (χ0v) is 25.2. The number of aromatic nitrogens is 4. The number of nitrogens with zero attached hydrogens (tertiary/aromatic N) is 3. The molecule has 0 saturated carbocycles. The Hall–Kier alpha value is -5.36. The van der Waals surface area contributed by atoms with E-state index in [-0.39, 0.29) is 48.0 Å². The van der Waals surface area contributed by atoms with Crippen molar-refractivity contribution in [2.75, 3.05) is 57.7 Å². The summed E-state index contributed by atoms with van der Waals surface area (Å²) < 4.78 is 15.1. The number of nitrogens with two attached hydrogens (primary N) is 1. The molecule has 18 nitrogen and oxygen atoms in total. The molecule has 46 heavy (non-hydrogen) atoms. The predicted octanol–water partition coefficient (Wildman–Crippen LogP) is -0.234. The number of rotatable bonds is 19. The summed E-state index contributed by atoms with van der Waals surface area (Å²) in [5, 5.41) is 20.3. The number of hydrogen-bond acceptors (Lipinski definition) is 13. The van der Waals surface area contributed by atoms with Gasteiger partial charge in [-0.25, -0.2) is 19.6 Å². The molecule has 248 valence electrons. The van der Waals surface area contributed by atoms with E-state index in [4.69, 9.17) is 15.2 Å². The molecule has 3 rings (SSSR count). The van der Waals surface area contributed by atoms with E-state index >= 15 is 0 Å². The fourth-order valence-electron chi connectivity index (χ4n) is 3.87. The Labute approximate surface area is 262 Å². The summed E-state index contributed by atoms with van der Waals surface area (Å²) in [6.07, 6.45) is 1.28. The standard InChI is InChI=1S/C28H37N9O9/c1-44-28(43)31-10-12-46-14-13-45-11-2-9-30-21(38)8-7-20(26(41)42)35-24(39)17-3-5-18(6-4-17)32-15-19-16-33-23-22(34-19)25(40)37-27(29)36-23/h3-6,16,20,32H,2,7-15H2,1H3,(H,30,38)(H,31,43)(H,35,39)(H,41,42)(H3,29,33,36,37,40)/t20-/m1/s1. The summed E-state index contributed by atoms with van der Waals surface area (Å²) in [6.45, 7) is 2.29. The molecule has 1 atom stereocenters. The number of anilines is 2. The maximum Gasteiger partial charge on any atom is 0.406 e. The zero-order valence-electron chi connectivity index (χ0n) is 25.2. The van der Waals surface area contributed by atoms with E-state index < -0.39 is 29.6 Å². The van der Waals surface area contributed by atoms with E-state index in [1.807, 2.05) is 0 Å². The Bertz CT molecular complexity index is 1530. The number of aliphatic carboxylic acids is 1. The van der Waals surface area contributed by atoms with Gasteiger partial charge in [0.25, 0.3) is 11.5 Å². The maximum atomic E-state index is 12.7. The fourth-order valence-corrected chi connectivity index (χ4v) is 3.87. The number of fused-ring (bicyclic) bond motifs is 1. The fraction of sp³-hybridized carbons (Fsp3) is 0.429. The Morgan fingerprint density at radius 1 is 1.00 bits per heavy atom. The number of carboxylic acids is 1. The summed E-state index contributed by atoms with van der Waals surface area (Å²) in [5.74, 6) is -2.27. The van der Waals surface area contributed by atoms with E-state index in [0.717, 1.165) is 0 Å². The van der Waals surface area contributed by atoms with Gasteiger partial charge in [-0.15, -0.1) is 0 Å². The first kappa shape index (κ1) is 35.1. The zero-order chi connectivity index (χ0) is 33.3. The minimum atomic E-state index is -1.26. The number of aromatic amines is 1. The smallest absolute Gasteiger partial charge is 0.406 e. The third-order valence-corrected chi connectivity index (χ3v) is 6.23. The van der Waals surface area contributed by atoms with Crippen LogP contribution in [0.5, 0.6) is 0 Å². The van der Waals surface area contributed by atoms with Crippen LogP contribution in [0, 0.1) is 0 Å². The van der Waals surface area contributed by atoms with Crippen LogP contribution in [0.3, 0.4) is 0 Å². The number of hydrogen-bond donors (Lipinski definition) is 7. The minimum Gasteiger partial charge on any atom is -0.480 e. The van der Waals surface area contributed by atoms with Gasteiger partial charge in [0.2, 0.25) is 11.9 Å². The summed E-state index contributed by atoms with van der Waals surface area (Å²) in [5.41, 5.74) is 6.53. The molecule has 0 saturated heterocycles. The van der Waals surface area contributed by atoms with Crippen molar-refractivity contribution in [2.24, 2.45) is 0 Å². The van der Waals surface area contributed by atoms with Crippen LogP contribution in [0.4, 0.5) is 16.4 Å². The van der Waals surface area contributed by atoms with Gasteiger partial charge in [-0.05, 0) is 37.1 Å². The van der Waals surface area contributed by atoms with E-state index in [9.17, 15) is 29.1 Å². The van der Waals surface area contributed by atoms with Crippen molar-refractivity contribution in [3.05, 3.63) is 52.1 Å². The molecule has 0 aliphatic heterocycles. The number of H-pyrrole nitrogens is 1. The summed E-state index contributed by atoms with van der Waals surface area (Å²) in [7, 11) is 1.27. The van der Waals surface area contributed by atoms with Crippen molar-refractivity contribution in [2.45, 2.75) is 31.8 Å². The Kier molecular flexibility index (Phi) is 14.1. The molecule has 8 N–H and O–H groups in total. The van der Waals surface area contributed by atoms with Crippen molar-refractivity contribution in [1.29, 1.82) is 0 Å². The van der Waals surface area contributed by atoms with Crippen LogP contribution in [-0.2, 0) is 30.3 Å². The molecule has 1 aromatic carbocycles. The molecule has 18 heteroatoms. The van der Waals surface area contributed by atoms with Crippen molar-refractivity contribution >= 4 is 46.7 Å². The largest absolute Gasteiger partial charge is 0.480 e. The van der Waals surface area contributed by atoms with Crippen LogP contribution in [0.2, 0.25) is 0 Å². The number of alkyl carbamates (subject to hydrolysis) is 1. The number of amides is 3. The maximum absolute atomic E-state index is 12.7. The van der Waals surface area contributed by atoms with Crippen LogP contribution in [-0.4, -0.2) is 102 Å². The Morgan fingerprint density at radius 3 is 2.46 bits per heavy atom. The third kappa shape index (κ3) is 12.0. The van der Waals surface area contributed by atoms with Gasteiger partial charge >= 0.3 is 12.1 Å². The van der Waals surface area contributed by atoms with Crippen LogP contribution < -0.4 is 32.6 Å². The van der Waals surface area contributed by atoms with Gasteiger partial charge in [0.15, 0.2) is 11.2 Å². The highest BCUT2D eigenvalue weighted by Crippen LogP contribution is 2.12. The second kappa shape index (κ2) is 18.4. The number of benzene rings is 1. The van der Waals surface area contributed by atoms with Crippen molar-refractivity contribution in [1.82, 2.24) is 35.9 Å². The van der Waals surface area contributed by atoms with Gasteiger partial charge < -0.3 is 46.3 Å². The second-order valence-corrected chi connectivity index (χ2v) is 9.67. The van der Waals surface area contributed by atoms with Crippen molar-refractivity contribution < 1.29 is 38.5 Å². The molecule has 2 heterocycles. The number of carbonyl (C=O) groups is 4. The minimum absolute atomic E-state index is 0.0545. The first-order chi connectivity index (χ1) is 22.2. The highest BCUT2D eigenvalue weighted by atomic mass is 16.5. The molecular formula is C28H37N9O9. The first-order valence-electron chi connectivity index (χ1n) is 14.3. The van der Waals surface area contributed by atoms with Gasteiger partial charge in [-0.2, -0.15) is 4.98 Å². The number of nitrogens with one attached hydrogen (secondary N) is 5. The molecule has 0 aliphatic rings. The van der Waals surface area contributed by atoms with E-state index in [0.29, 0.717) is 57.3 Å². The topological polar surface area (TPSA) is 262 Å².